The predicted octanol–water partition coefficient (Wildman–Crippen LogP) is 3.26. The highest BCUT2D eigenvalue weighted by atomic mass is 19.1. The smallest absolute Gasteiger partial charge is 0.342 e. The Balaban J connectivity index is 5.04. The second kappa shape index (κ2) is 3.52. The van der Waals surface area contributed by atoms with Gasteiger partial charge < -0.3 is 5.11 Å². The molecule has 0 aliphatic carbocycles. The molecule has 0 radical (unpaired) electrons. The molecule has 14 heavy (non-hydrogen) atoms. The molecule has 2 nitrogen and oxygen atoms in total. The van der Waals surface area contributed by atoms with Crippen molar-refractivity contribution in [1.29, 1.82) is 0 Å². The van der Waals surface area contributed by atoms with Crippen LogP contribution in [-0.4, -0.2) is 16.7 Å². The van der Waals surface area contributed by atoms with E-state index >= 15 is 0 Å². The van der Waals surface area contributed by atoms with Crippen molar-refractivity contribution in [3.05, 3.63) is 0 Å². The summed E-state index contributed by atoms with van der Waals surface area (Å²) < 4.78 is 14.3. The number of alkyl halides is 1. The number of hydrogen-bond acceptors (Lipinski definition) is 1. The van der Waals surface area contributed by atoms with E-state index in [1.54, 1.807) is 20.8 Å². The third-order valence-corrected chi connectivity index (χ3v) is 2.30. The van der Waals surface area contributed by atoms with E-state index in [-0.39, 0.29) is 11.8 Å². The van der Waals surface area contributed by atoms with Gasteiger partial charge in [0, 0.05) is 5.41 Å². The summed E-state index contributed by atoms with van der Waals surface area (Å²) >= 11 is 0. The maximum Gasteiger partial charge on any atom is 0.342 e. The fourth-order valence-corrected chi connectivity index (χ4v) is 1.39. The standard InChI is InChI=1S/C11H21FO2/c1-9(2,3)7-11(12,8(13)14)10(4,5)6/h7H2,1-6H3,(H,13,14). The predicted molar refractivity (Wildman–Crippen MR) is 55.0 cm³/mol. The van der Waals surface area contributed by atoms with E-state index < -0.39 is 17.1 Å². The lowest BCUT2D eigenvalue weighted by atomic mass is 9.70. The molecular formula is C11H21FO2. The highest BCUT2D eigenvalue weighted by molar-refractivity contribution is 5.78. The maximum atomic E-state index is 14.3. The molecule has 0 aromatic heterocycles. The summed E-state index contributed by atoms with van der Waals surface area (Å²) in [5.41, 5.74) is -3.38. The average molecular weight is 204 g/mol. The van der Waals surface area contributed by atoms with Crippen LogP contribution < -0.4 is 0 Å². The number of halogens is 1. The molecule has 1 N–H and O–H groups in total. The largest absolute Gasteiger partial charge is 0.479 e. The zero-order valence-corrected chi connectivity index (χ0v) is 9.94. The Morgan fingerprint density at radius 1 is 1.14 bits per heavy atom. The van der Waals surface area contributed by atoms with Gasteiger partial charge in [0.2, 0.25) is 5.67 Å². The molecule has 0 fully saturated rings. The van der Waals surface area contributed by atoms with Gasteiger partial charge in [0.1, 0.15) is 0 Å². The molecule has 0 aliphatic rings. The lowest BCUT2D eigenvalue weighted by Crippen LogP contribution is -2.48. The van der Waals surface area contributed by atoms with Crippen molar-refractivity contribution in [1.82, 2.24) is 0 Å². The van der Waals surface area contributed by atoms with Crippen molar-refractivity contribution in [2.75, 3.05) is 0 Å². The van der Waals surface area contributed by atoms with Gasteiger partial charge in [-0.05, 0) is 11.8 Å². The fourth-order valence-electron chi connectivity index (χ4n) is 1.39. The van der Waals surface area contributed by atoms with Gasteiger partial charge in [-0.3, -0.25) is 0 Å². The number of aliphatic carboxylic acids is 1. The Morgan fingerprint density at radius 2 is 1.50 bits per heavy atom. The molecule has 0 aromatic carbocycles. The molecule has 3 heteroatoms. The average Bonchev–Trinajstić information content (AvgIpc) is 1.79. The lowest BCUT2D eigenvalue weighted by molar-refractivity contribution is -0.162. The molecule has 0 bridgehead atoms. The van der Waals surface area contributed by atoms with E-state index in [9.17, 15) is 9.18 Å². The number of carboxylic acids is 1. The van der Waals surface area contributed by atoms with Gasteiger partial charge >= 0.3 is 5.97 Å². The van der Waals surface area contributed by atoms with Crippen molar-refractivity contribution in [2.24, 2.45) is 10.8 Å². The van der Waals surface area contributed by atoms with E-state index in [4.69, 9.17) is 5.11 Å². The first-order valence-electron chi connectivity index (χ1n) is 4.82. The highest BCUT2D eigenvalue weighted by Gasteiger charge is 2.51. The van der Waals surface area contributed by atoms with E-state index in [0.29, 0.717) is 0 Å². The molecule has 0 aliphatic heterocycles. The second-order valence-corrected chi connectivity index (χ2v) is 6.09. The number of hydrogen-bond donors (Lipinski definition) is 1. The summed E-state index contributed by atoms with van der Waals surface area (Å²) in [6, 6.07) is 0. The number of carbonyl (C=O) groups is 1. The molecule has 0 aromatic rings. The van der Waals surface area contributed by atoms with Crippen LogP contribution >= 0.6 is 0 Å². The van der Waals surface area contributed by atoms with E-state index in [1.165, 1.54) is 0 Å². The van der Waals surface area contributed by atoms with Gasteiger partial charge in [0.15, 0.2) is 0 Å². The van der Waals surface area contributed by atoms with Gasteiger partial charge in [-0.2, -0.15) is 0 Å². The third-order valence-electron chi connectivity index (χ3n) is 2.30. The summed E-state index contributed by atoms with van der Waals surface area (Å²) in [7, 11) is 0. The SMILES string of the molecule is CC(C)(C)CC(F)(C(=O)O)C(C)(C)C. The normalized spacial score (nSPS) is 17.6. The molecule has 1 atom stereocenters. The number of rotatable bonds is 2. The van der Waals surface area contributed by atoms with Gasteiger partial charge in [-0.15, -0.1) is 0 Å². The highest BCUT2D eigenvalue weighted by Crippen LogP contribution is 2.42. The molecule has 0 rings (SSSR count). The zero-order valence-electron chi connectivity index (χ0n) is 9.94. The van der Waals surface area contributed by atoms with Crippen LogP contribution in [0.25, 0.3) is 0 Å². The monoisotopic (exact) mass is 204 g/mol. The van der Waals surface area contributed by atoms with Crippen LogP contribution in [0.1, 0.15) is 48.0 Å². The summed E-state index contributed by atoms with van der Waals surface area (Å²) in [6.07, 6.45) is 0.0266. The first-order chi connectivity index (χ1) is 5.90. The first-order valence-corrected chi connectivity index (χ1v) is 4.82. The molecule has 84 valence electrons. The van der Waals surface area contributed by atoms with Crippen LogP contribution in [0, 0.1) is 10.8 Å². The first kappa shape index (κ1) is 13.4. The van der Waals surface area contributed by atoms with Crippen molar-refractivity contribution in [3.8, 4) is 0 Å². The lowest BCUT2D eigenvalue weighted by Gasteiger charge is -2.38. The Labute approximate surface area is 85.5 Å². The summed E-state index contributed by atoms with van der Waals surface area (Å²) in [5, 5.41) is 8.96. The second-order valence-electron chi connectivity index (χ2n) is 6.09. The van der Waals surface area contributed by atoms with Crippen molar-refractivity contribution >= 4 is 5.97 Å². The Hall–Kier alpha value is -0.600. The molecule has 0 saturated heterocycles. The van der Waals surface area contributed by atoms with Gasteiger partial charge in [0.05, 0.1) is 0 Å². The van der Waals surface area contributed by atoms with E-state index in [1.807, 2.05) is 20.8 Å². The van der Waals surface area contributed by atoms with Crippen LogP contribution in [0.15, 0.2) is 0 Å². The molecule has 0 spiro atoms. The van der Waals surface area contributed by atoms with Crippen molar-refractivity contribution in [2.45, 2.75) is 53.6 Å². The minimum Gasteiger partial charge on any atom is -0.479 e. The van der Waals surface area contributed by atoms with Crippen LogP contribution in [0.2, 0.25) is 0 Å². The van der Waals surface area contributed by atoms with Crippen molar-refractivity contribution in [3.63, 3.8) is 0 Å². The Bertz CT molecular complexity index is 222. The Kier molecular flexibility index (Phi) is 3.37. The maximum absolute atomic E-state index is 14.3. The molecular weight excluding hydrogens is 183 g/mol. The van der Waals surface area contributed by atoms with Crippen LogP contribution in [0.5, 0.6) is 0 Å². The third kappa shape index (κ3) is 2.96. The van der Waals surface area contributed by atoms with Gasteiger partial charge in [0.25, 0.3) is 0 Å². The van der Waals surface area contributed by atoms with E-state index in [0.717, 1.165) is 0 Å². The summed E-state index contributed by atoms with van der Waals surface area (Å²) in [6.45, 7) is 10.4. The number of carboxylic acid groups (broad SMARTS) is 1. The fraction of sp³-hybridized carbons (Fsp3) is 0.909. The minimum atomic E-state index is -2.16. The zero-order chi connectivity index (χ0) is 11.8. The van der Waals surface area contributed by atoms with Crippen molar-refractivity contribution < 1.29 is 14.3 Å². The minimum absolute atomic E-state index is 0.0266. The summed E-state index contributed by atoms with van der Waals surface area (Å²) in [4.78, 5) is 11.0. The van der Waals surface area contributed by atoms with Crippen LogP contribution in [0.4, 0.5) is 4.39 Å². The molecule has 0 amide bonds. The molecule has 0 saturated carbocycles. The topological polar surface area (TPSA) is 37.3 Å². The van der Waals surface area contributed by atoms with Crippen LogP contribution in [-0.2, 0) is 4.79 Å². The van der Waals surface area contributed by atoms with Crippen LogP contribution in [0.3, 0.4) is 0 Å². The molecule has 0 heterocycles. The molecule has 1 unspecified atom stereocenters. The summed E-state index contributed by atoms with van der Waals surface area (Å²) in [5.74, 6) is -1.36. The van der Waals surface area contributed by atoms with Gasteiger partial charge in [-0.1, -0.05) is 41.5 Å². The quantitative estimate of drug-likeness (QED) is 0.749. The Morgan fingerprint density at radius 3 is 1.57 bits per heavy atom. The van der Waals surface area contributed by atoms with E-state index in [2.05, 4.69) is 0 Å². The van der Waals surface area contributed by atoms with Gasteiger partial charge in [-0.25, -0.2) is 9.18 Å².